The van der Waals surface area contributed by atoms with Crippen LogP contribution in [0.15, 0.2) is 48.5 Å². The van der Waals surface area contributed by atoms with E-state index in [2.05, 4.69) is 6.07 Å². The maximum atomic E-state index is 9.21. The van der Waals surface area contributed by atoms with E-state index in [1.807, 2.05) is 30.3 Å². The van der Waals surface area contributed by atoms with Gasteiger partial charge >= 0.3 is 0 Å². The lowest BCUT2D eigenvalue weighted by atomic mass is 10.0. The highest BCUT2D eigenvalue weighted by Crippen LogP contribution is 2.23. The van der Waals surface area contributed by atoms with Gasteiger partial charge in [0.1, 0.15) is 0 Å². The highest BCUT2D eigenvalue weighted by Gasteiger charge is 2.02. The van der Waals surface area contributed by atoms with Gasteiger partial charge in [0.05, 0.1) is 11.6 Å². The molecule has 88 valence electrons. The highest BCUT2D eigenvalue weighted by molar-refractivity contribution is 6.32. The predicted molar refractivity (Wildman–Crippen MR) is 76.4 cm³/mol. The van der Waals surface area contributed by atoms with Crippen LogP contribution >= 0.6 is 23.2 Å². The Hall–Kier alpha value is -1.75. The van der Waals surface area contributed by atoms with E-state index in [0.717, 1.165) is 11.1 Å². The first kappa shape index (κ1) is 12.7. The van der Waals surface area contributed by atoms with Crippen LogP contribution in [0.2, 0.25) is 10.0 Å². The maximum absolute atomic E-state index is 9.21. The lowest BCUT2D eigenvalue weighted by Crippen LogP contribution is -1.82. The lowest BCUT2D eigenvalue weighted by Gasteiger charge is -2.01. The van der Waals surface area contributed by atoms with E-state index >= 15 is 0 Å². The SMILES string of the molecule is N#CC(=Cc1ccccc1Cl)c1ccc(Cl)cc1. The molecule has 0 N–H and O–H groups in total. The molecule has 0 amide bonds. The zero-order chi connectivity index (χ0) is 13.0. The number of hydrogen-bond donors (Lipinski definition) is 0. The fourth-order valence-corrected chi connectivity index (χ4v) is 1.87. The number of rotatable bonds is 2. The van der Waals surface area contributed by atoms with Gasteiger partial charge in [0.2, 0.25) is 0 Å². The summed E-state index contributed by atoms with van der Waals surface area (Å²) in [4.78, 5) is 0. The third kappa shape index (κ3) is 2.92. The first-order valence-electron chi connectivity index (χ1n) is 5.33. The van der Waals surface area contributed by atoms with Gasteiger partial charge in [-0.1, -0.05) is 53.5 Å². The van der Waals surface area contributed by atoms with Gasteiger partial charge in [0.15, 0.2) is 0 Å². The summed E-state index contributed by atoms with van der Waals surface area (Å²) in [6.45, 7) is 0. The minimum absolute atomic E-state index is 0.555. The van der Waals surface area contributed by atoms with Crippen LogP contribution in [-0.4, -0.2) is 0 Å². The maximum Gasteiger partial charge on any atom is 0.0998 e. The molecule has 0 aliphatic rings. The van der Waals surface area contributed by atoms with Gasteiger partial charge in [-0.05, 0) is 35.4 Å². The Labute approximate surface area is 116 Å². The van der Waals surface area contributed by atoms with Gasteiger partial charge in [-0.2, -0.15) is 5.26 Å². The van der Waals surface area contributed by atoms with E-state index < -0.39 is 0 Å². The Kier molecular flexibility index (Phi) is 4.04. The van der Waals surface area contributed by atoms with Gasteiger partial charge in [-0.15, -0.1) is 0 Å². The molecule has 2 rings (SSSR count). The van der Waals surface area contributed by atoms with Crippen molar-refractivity contribution in [1.29, 1.82) is 5.26 Å². The molecule has 1 nitrogen and oxygen atoms in total. The quantitative estimate of drug-likeness (QED) is 0.554. The fourth-order valence-electron chi connectivity index (χ4n) is 1.56. The summed E-state index contributed by atoms with van der Waals surface area (Å²) in [5, 5.41) is 10.5. The third-order valence-electron chi connectivity index (χ3n) is 2.48. The number of nitriles is 1. The van der Waals surface area contributed by atoms with Gasteiger partial charge in [-0.25, -0.2) is 0 Å². The summed E-state index contributed by atoms with van der Waals surface area (Å²) in [6.07, 6.45) is 1.77. The first-order chi connectivity index (χ1) is 8.70. The topological polar surface area (TPSA) is 23.8 Å². The molecular formula is C15H9Cl2N. The summed E-state index contributed by atoms with van der Waals surface area (Å²) in [6, 6.07) is 16.7. The second-order valence-electron chi connectivity index (χ2n) is 3.70. The monoisotopic (exact) mass is 273 g/mol. The molecule has 3 heteroatoms. The zero-order valence-corrected chi connectivity index (χ0v) is 10.9. The molecule has 2 aromatic carbocycles. The van der Waals surface area contributed by atoms with E-state index in [-0.39, 0.29) is 0 Å². The molecule has 0 saturated carbocycles. The highest BCUT2D eigenvalue weighted by atomic mass is 35.5. The van der Waals surface area contributed by atoms with E-state index in [9.17, 15) is 5.26 Å². The van der Waals surface area contributed by atoms with Crippen molar-refractivity contribution >= 4 is 34.9 Å². The molecule has 0 fully saturated rings. The molecule has 2 aromatic rings. The van der Waals surface area contributed by atoms with Gasteiger partial charge in [0, 0.05) is 10.0 Å². The zero-order valence-electron chi connectivity index (χ0n) is 9.40. The van der Waals surface area contributed by atoms with Crippen LogP contribution in [0.5, 0.6) is 0 Å². The van der Waals surface area contributed by atoms with E-state index in [0.29, 0.717) is 15.6 Å². The Morgan fingerprint density at radius 2 is 1.67 bits per heavy atom. The summed E-state index contributed by atoms with van der Waals surface area (Å²) in [5.74, 6) is 0. The van der Waals surface area contributed by atoms with Crippen LogP contribution in [0.1, 0.15) is 11.1 Å². The summed E-state index contributed by atoms with van der Waals surface area (Å²) in [7, 11) is 0. The summed E-state index contributed by atoms with van der Waals surface area (Å²) in [5.41, 5.74) is 2.20. The number of benzene rings is 2. The van der Waals surface area contributed by atoms with Crippen LogP contribution in [-0.2, 0) is 0 Å². The number of halogens is 2. The van der Waals surface area contributed by atoms with Crippen LogP contribution in [0.25, 0.3) is 11.6 Å². The van der Waals surface area contributed by atoms with Crippen LogP contribution in [0.3, 0.4) is 0 Å². The normalized spacial score (nSPS) is 11.1. The number of allylic oxidation sites excluding steroid dienone is 1. The molecule has 0 aliphatic heterocycles. The van der Waals surface area contributed by atoms with E-state index in [1.165, 1.54) is 0 Å². The van der Waals surface area contributed by atoms with Gasteiger partial charge in [-0.3, -0.25) is 0 Å². The minimum atomic E-state index is 0.555. The van der Waals surface area contributed by atoms with Crippen molar-refractivity contribution < 1.29 is 0 Å². The molecule has 0 aromatic heterocycles. The molecule has 0 spiro atoms. The van der Waals surface area contributed by atoms with E-state index in [1.54, 1.807) is 24.3 Å². The summed E-state index contributed by atoms with van der Waals surface area (Å²) < 4.78 is 0. The molecule has 0 radical (unpaired) electrons. The Morgan fingerprint density at radius 3 is 2.28 bits per heavy atom. The van der Waals surface area contributed by atoms with Crippen molar-refractivity contribution in [3.05, 3.63) is 69.7 Å². The minimum Gasteiger partial charge on any atom is -0.192 e. The molecule has 0 saturated heterocycles. The average Bonchev–Trinajstić information content (AvgIpc) is 2.39. The van der Waals surface area contributed by atoms with E-state index in [4.69, 9.17) is 23.2 Å². The third-order valence-corrected chi connectivity index (χ3v) is 3.08. The lowest BCUT2D eigenvalue weighted by molar-refractivity contribution is 1.52. The van der Waals surface area contributed by atoms with Gasteiger partial charge in [0.25, 0.3) is 0 Å². The smallest absolute Gasteiger partial charge is 0.0998 e. The van der Waals surface area contributed by atoms with Crippen LogP contribution in [0.4, 0.5) is 0 Å². The molecule has 0 unspecified atom stereocenters. The number of hydrogen-bond acceptors (Lipinski definition) is 1. The Bertz CT molecular complexity index is 622. The van der Waals surface area contributed by atoms with Crippen molar-refractivity contribution in [2.24, 2.45) is 0 Å². The molecule has 18 heavy (non-hydrogen) atoms. The number of nitrogens with zero attached hydrogens (tertiary/aromatic N) is 1. The second-order valence-corrected chi connectivity index (χ2v) is 4.54. The molecule has 0 bridgehead atoms. The van der Waals surface area contributed by atoms with Crippen molar-refractivity contribution in [3.8, 4) is 6.07 Å². The largest absolute Gasteiger partial charge is 0.192 e. The summed E-state index contributed by atoms with van der Waals surface area (Å²) >= 11 is 11.9. The second kappa shape index (κ2) is 5.73. The first-order valence-corrected chi connectivity index (χ1v) is 6.08. The van der Waals surface area contributed by atoms with Crippen molar-refractivity contribution in [3.63, 3.8) is 0 Å². The molecule has 0 atom stereocenters. The van der Waals surface area contributed by atoms with Crippen molar-refractivity contribution in [1.82, 2.24) is 0 Å². The van der Waals surface area contributed by atoms with Gasteiger partial charge < -0.3 is 0 Å². The van der Waals surface area contributed by atoms with Crippen molar-refractivity contribution in [2.75, 3.05) is 0 Å². The van der Waals surface area contributed by atoms with Crippen molar-refractivity contribution in [2.45, 2.75) is 0 Å². The van der Waals surface area contributed by atoms with Crippen LogP contribution < -0.4 is 0 Å². The predicted octanol–water partition coefficient (Wildman–Crippen LogP) is 5.06. The average molecular weight is 274 g/mol. The Balaban J connectivity index is 2.44. The molecule has 0 aliphatic carbocycles. The Morgan fingerprint density at radius 1 is 1.00 bits per heavy atom. The molecule has 0 heterocycles. The molecular weight excluding hydrogens is 265 g/mol. The standard InChI is InChI=1S/C15H9Cl2N/c16-14-7-5-11(6-8-14)13(10-18)9-12-3-1-2-4-15(12)17/h1-9H. The van der Waals surface area contributed by atoms with Crippen LogP contribution in [0, 0.1) is 11.3 Å². The fraction of sp³-hybridized carbons (Fsp3) is 0.